The van der Waals surface area contributed by atoms with E-state index >= 15 is 0 Å². The van der Waals surface area contributed by atoms with Crippen molar-refractivity contribution in [3.63, 3.8) is 0 Å². The third kappa shape index (κ3) is 5.34. The van der Waals surface area contributed by atoms with Crippen molar-refractivity contribution in [3.8, 4) is 16.9 Å². The Hall–Kier alpha value is -2.67. The van der Waals surface area contributed by atoms with Crippen molar-refractivity contribution in [2.75, 3.05) is 32.7 Å². The molecule has 1 aromatic heterocycles. The van der Waals surface area contributed by atoms with E-state index in [1.54, 1.807) is 6.92 Å². The highest BCUT2D eigenvalue weighted by Crippen LogP contribution is 2.26. The van der Waals surface area contributed by atoms with E-state index in [4.69, 9.17) is 16.7 Å². The molecule has 1 unspecified atom stereocenters. The summed E-state index contributed by atoms with van der Waals surface area (Å²) in [4.78, 5) is 17.2. The van der Waals surface area contributed by atoms with Crippen LogP contribution in [0.15, 0.2) is 60.8 Å². The van der Waals surface area contributed by atoms with E-state index in [1.165, 1.54) is 0 Å². The van der Waals surface area contributed by atoms with Crippen molar-refractivity contribution in [2.24, 2.45) is 0 Å². The minimum atomic E-state index is -0.354. The molecular weight excluding hydrogens is 412 g/mol. The summed E-state index contributed by atoms with van der Waals surface area (Å²) in [5.74, 6) is 0.0968. The largest absolute Gasteiger partial charge is 0.392 e. The van der Waals surface area contributed by atoms with Gasteiger partial charge in [0.2, 0.25) is 5.91 Å². The SMILES string of the molecule is CC(O)CN1CCN(C(=O)Cc2cn(-c3ccccc3)nc2-c2ccc(Cl)cc2)CC1. The van der Waals surface area contributed by atoms with Crippen LogP contribution in [0.3, 0.4) is 0 Å². The second-order valence-electron chi connectivity index (χ2n) is 8.00. The molecule has 1 fully saturated rings. The highest BCUT2D eigenvalue weighted by atomic mass is 35.5. The number of aliphatic hydroxyl groups is 1. The highest BCUT2D eigenvalue weighted by Gasteiger charge is 2.24. The van der Waals surface area contributed by atoms with Gasteiger partial charge < -0.3 is 10.0 Å². The fraction of sp³-hybridized carbons (Fsp3) is 0.333. The summed E-state index contributed by atoms with van der Waals surface area (Å²) in [6.07, 6.45) is 1.88. The normalized spacial score (nSPS) is 15.8. The maximum Gasteiger partial charge on any atom is 0.227 e. The van der Waals surface area contributed by atoms with Gasteiger partial charge in [-0.25, -0.2) is 4.68 Å². The number of β-amino-alcohol motifs (C(OH)–C–C–N with tert-alkyl or cyclic N) is 1. The lowest BCUT2D eigenvalue weighted by Gasteiger charge is -2.35. The number of benzene rings is 2. The topological polar surface area (TPSA) is 61.6 Å². The Morgan fingerprint density at radius 1 is 1.06 bits per heavy atom. The molecule has 1 saturated heterocycles. The van der Waals surface area contributed by atoms with Crippen LogP contribution in [0.1, 0.15) is 12.5 Å². The number of carbonyl (C=O) groups excluding carboxylic acids is 1. The molecule has 1 amide bonds. The zero-order valence-corrected chi connectivity index (χ0v) is 18.4. The number of piperazine rings is 1. The molecule has 0 aliphatic carbocycles. The smallest absolute Gasteiger partial charge is 0.227 e. The van der Waals surface area contributed by atoms with E-state index < -0.39 is 0 Å². The number of halogens is 1. The van der Waals surface area contributed by atoms with Crippen molar-refractivity contribution < 1.29 is 9.90 Å². The van der Waals surface area contributed by atoms with Gasteiger partial charge in [-0.15, -0.1) is 0 Å². The van der Waals surface area contributed by atoms with Crippen LogP contribution < -0.4 is 0 Å². The van der Waals surface area contributed by atoms with Crippen molar-refractivity contribution in [3.05, 3.63) is 71.4 Å². The molecule has 2 aromatic carbocycles. The van der Waals surface area contributed by atoms with Gasteiger partial charge in [-0.05, 0) is 31.2 Å². The number of hydrogen-bond acceptors (Lipinski definition) is 4. The molecule has 0 bridgehead atoms. The van der Waals surface area contributed by atoms with Gasteiger partial charge in [-0.3, -0.25) is 9.69 Å². The Morgan fingerprint density at radius 3 is 2.39 bits per heavy atom. The van der Waals surface area contributed by atoms with Gasteiger partial charge in [0, 0.05) is 55.1 Å². The molecule has 0 radical (unpaired) electrons. The first-order valence-corrected chi connectivity index (χ1v) is 11.0. The molecule has 3 aromatic rings. The first-order chi connectivity index (χ1) is 15.0. The third-order valence-corrected chi connectivity index (χ3v) is 5.77. The molecule has 7 heteroatoms. The zero-order chi connectivity index (χ0) is 21.8. The summed E-state index contributed by atoms with van der Waals surface area (Å²) in [7, 11) is 0. The molecule has 1 aliphatic rings. The Morgan fingerprint density at radius 2 is 1.74 bits per heavy atom. The fourth-order valence-corrected chi connectivity index (χ4v) is 4.06. The van der Waals surface area contributed by atoms with Crippen LogP contribution in [0.4, 0.5) is 0 Å². The lowest BCUT2D eigenvalue weighted by atomic mass is 10.1. The average molecular weight is 439 g/mol. The Labute approximate surface area is 187 Å². The Kier molecular flexibility index (Phi) is 6.70. The van der Waals surface area contributed by atoms with Crippen LogP contribution in [-0.2, 0) is 11.2 Å². The van der Waals surface area contributed by atoms with Crippen molar-refractivity contribution in [2.45, 2.75) is 19.4 Å². The molecule has 162 valence electrons. The van der Waals surface area contributed by atoms with Crippen molar-refractivity contribution in [1.82, 2.24) is 19.6 Å². The van der Waals surface area contributed by atoms with E-state index in [9.17, 15) is 9.90 Å². The maximum absolute atomic E-state index is 13.1. The lowest BCUT2D eigenvalue weighted by molar-refractivity contribution is -0.132. The van der Waals surface area contributed by atoms with Crippen LogP contribution in [0, 0.1) is 0 Å². The minimum absolute atomic E-state index is 0.0968. The first-order valence-electron chi connectivity index (χ1n) is 10.6. The molecular formula is C24H27ClN4O2. The molecule has 31 heavy (non-hydrogen) atoms. The van der Waals surface area contributed by atoms with Crippen molar-refractivity contribution >= 4 is 17.5 Å². The van der Waals surface area contributed by atoms with Gasteiger partial charge in [-0.1, -0.05) is 41.9 Å². The Bertz CT molecular complexity index is 1010. The lowest BCUT2D eigenvalue weighted by Crippen LogP contribution is -2.50. The van der Waals surface area contributed by atoms with Gasteiger partial charge in [0.1, 0.15) is 0 Å². The summed E-state index contributed by atoms with van der Waals surface area (Å²) in [5, 5.41) is 15.0. The molecule has 0 spiro atoms. The molecule has 4 rings (SSSR count). The number of para-hydroxylation sites is 1. The van der Waals surface area contributed by atoms with Crippen LogP contribution in [-0.4, -0.2) is 69.4 Å². The highest BCUT2D eigenvalue weighted by molar-refractivity contribution is 6.30. The van der Waals surface area contributed by atoms with Gasteiger partial charge in [0.25, 0.3) is 0 Å². The van der Waals surface area contributed by atoms with Crippen LogP contribution in [0.2, 0.25) is 5.02 Å². The summed E-state index contributed by atoms with van der Waals surface area (Å²) < 4.78 is 1.83. The monoisotopic (exact) mass is 438 g/mol. The number of rotatable bonds is 6. The summed E-state index contributed by atoms with van der Waals surface area (Å²) in [6.45, 7) is 5.35. The maximum atomic E-state index is 13.1. The summed E-state index contributed by atoms with van der Waals surface area (Å²) in [5.41, 5.74) is 3.57. The standard InChI is InChI=1S/C24H27ClN4O2/c1-18(30)16-27-11-13-28(14-12-27)23(31)15-20-17-29(22-5-3-2-4-6-22)26-24(20)19-7-9-21(25)10-8-19/h2-10,17-18,30H,11-16H2,1H3. The first kappa shape index (κ1) is 21.6. The summed E-state index contributed by atoms with van der Waals surface area (Å²) >= 11 is 6.06. The number of nitrogens with zero attached hydrogens (tertiary/aromatic N) is 4. The second-order valence-corrected chi connectivity index (χ2v) is 8.43. The van der Waals surface area contributed by atoms with Crippen molar-refractivity contribution in [1.29, 1.82) is 0 Å². The number of hydrogen-bond donors (Lipinski definition) is 1. The van der Waals surface area contributed by atoms with Crippen LogP contribution in [0.25, 0.3) is 16.9 Å². The number of amides is 1. The average Bonchev–Trinajstić information content (AvgIpc) is 3.18. The van der Waals surface area contributed by atoms with E-state index in [2.05, 4.69) is 4.90 Å². The van der Waals surface area contributed by atoms with Gasteiger partial charge in [-0.2, -0.15) is 5.10 Å². The fourth-order valence-electron chi connectivity index (χ4n) is 3.93. The number of aromatic nitrogens is 2. The van der Waals surface area contributed by atoms with E-state index in [0.717, 1.165) is 35.6 Å². The van der Waals surface area contributed by atoms with E-state index in [0.29, 0.717) is 31.1 Å². The van der Waals surface area contributed by atoms with Gasteiger partial charge >= 0.3 is 0 Å². The number of aliphatic hydroxyl groups excluding tert-OH is 1. The summed E-state index contributed by atoms with van der Waals surface area (Å²) in [6, 6.07) is 17.4. The van der Waals surface area contributed by atoms with Gasteiger partial charge in [0.05, 0.1) is 23.9 Å². The predicted octanol–water partition coefficient (Wildman–Crippen LogP) is 3.26. The molecule has 1 atom stereocenters. The quantitative estimate of drug-likeness (QED) is 0.641. The van der Waals surface area contributed by atoms with Crippen LogP contribution in [0.5, 0.6) is 0 Å². The molecule has 1 N–H and O–H groups in total. The third-order valence-electron chi connectivity index (χ3n) is 5.52. The van der Waals surface area contributed by atoms with Gasteiger partial charge in [0.15, 0.2) is 0 Å². The minimum Gasteiger partial charge on any atom is -0.392 e. The second kappa shape index (κ2) is 9.64. The van der Waals surface area contributed by atoms with Crippen LogP contribution >= 0.6 is 11.6 Å². The number of carbonyl (C=O) groups is 1. The zero-order valence-electron chi connectivity index (χ0n) is 17.6. The molecule has 6 nitrogen and oxygen atoms in total. The molecule has 2 heterocycles. The molecule has 1 aliphatic heterocycles. The van der Waals surface area contributed by atoms with E-state index in [-0.39, 0.29) is 12.0 Å². The van der Waals surface area contributed by atoms with E-state index in [1.807, 2.05) is 70.4 Å². The Balaban J connectivity index is 1.55. The predicted molar refractivity (Wildman–Crippen MR) is 122 cm³/mol. The molecule has 0 saturated carbocycles.